The summed E-state index contributed by atoms with van der Waals surface area (Å²) in [7, 11) is 1.90. The predicted molar refractivity (Wildman–Crippen MR) is 113 cm³/mol. The first kappa shape index (κ1) is 17.9. The van der Waals surface area contributed by atoms with Crippen molar-refractivity contribution in [3.8, 4) is 0 Å². The quantitative estimate of drug-likeness (QED) is 0.673. The van der Waals surface area contributed by atoms with E-state index in [9.17, 15) is 4.39 Å². The molecule has 4 aliphatic rings. The van der Waals surface area contributed by atoms with E-state index in [1.54, 1.807) is 12.1 Å². The summed E-state index contributed by atoms with van der Waals surface area (Å²) in [6.45, 7) is 2.03. The second kappa shape index (κ2) is 6.03. The van der Waals surface area contributed by atoms with Crippen molar-refractivity contribution in [1.29, 1.82) is 0 Å². The van der Waals surface area contributed by atoms with E-state index < -0.39 is 0 Å². The minimum Gasteiger partial charge on any atom is -0.373 e. The van der Waals surface area contributed by atoms with Gasteiger partial charge < -0.3 is 15.2 Å². The Morgan fingerprint density at radius 3 is 2.73 bits per heavy atom. The van der Waals surface area contributed by atoms with Gasteiger partial charge in [-0.1, -0.05) is 12.1 Å². The summed E-state index contributed by atoms with van der Waals surface area (Å²) < 4.78 is 16.1. The zero-order valence-corrected chi connectivity index (χ0v) is 17.2. The van der Waals surface area contributed by atoms with Crippen LogP contribution < -0.4 is 10.6 Å². The summed E-state index contributed by atoms with van der Waals surface area (Å²) in [4.78, 5) is 14.1. The van der Waals surface area contributed by atoms with Crippen molar-refractivity contribution in [1.82, 2.24) is 19.5 Å². The minimum absolute atomic E-state index is 0.0738. The average molecular weight is 404 g/mol. The fourth-order valence-corrected chi connectivity index (χ4v) is 5.83. The normalized spacial score (nSPS) is 28.4. The number of anilines is 2. The lowest BCUT2D eigenvalue weighted by Crippen LogP contribution is -2.75. The number of imidazole rings is 1. The topological polar surface area (TPSA) is 67.7 Å². The van der Waals surface area contributed by atoms with Crippen molar-refractivity contribution in [3.63, 3.8) is 0 Å². The largest absolute Gasteiger partial charge is 0.373 e. The number of halogens is 1. The number of rotatable bonds is 5. The Bertz CT molecular complexity index is 1130. The van der Waals surface area contributed by atoms with Crippen LogP contribution in [0.2, 0.25) is 0 Å². The maximum absolute atomic E-state index is 13.8. The summed E-state index contributed by atoms with van der Waals surface area (Å²) in [5.74, 6) is 1.47. The highest BCUT2D eigenvalue weighted by molar-refractivity contribution is 5.56. The van der Waals surface area contributed by atoms with Crippen molar-refractivity contribution in [2.75, 3.05) is 17.7 Å². The SMILES string of the molecule is CNc1nc(NC23CC(n4cnc(C)c4)(C2)C3)nc2c1CC[C@H]2c1cccc(F)c1. The minimum atomic E-state index is -0.198. The van der Waals surface area contributed by atoms with Crippen LogP contribution in [0, 0.1) is 12.7 Å². The Balaban J connectivity index is 1.27. The van der Waals surface area contributed by atoms with Crippen molar-refractivity contribution in [3.05, 3.63) is 65.1 Å². The van der Waals surface area contributed by atoms with Crippen molar-refractivity contribution >= 4 is 11.8 Å². The molecule has 2 aromatic heterocycles. The van der Waals surface area contributed by atoms with Gasteiger partial charge in [-0.25, -0.2) is 14.4 Å². The van der Waals surface area contributed by atoms with E-state index in [0.717, 1.165) is 60.4 Å². The fourth-order valence-electron chi connectivity index (χ4n) is 5.83. The van der Waals surface area contributed by atoms with Gasteiger partial charge in [0.2, 0.25) is 5.95 Å². The van der Waals surface area contributed by atoms with Crippen LogP contribution in [0.3, 0.4) is 0 Å². The fraction of sp³-hybridized carbons (Fsp3) is 0.435. The van der Waals surface area contributed by atoms with E-state index in [1.807, 2.05) is 26.4 Å². The molecule has 0 amide bonds. The Labute approximate surface area is 175 Å². The third kappa shape index (κ3) is 2.50. The molecule has 154 valence electrons. The molecule has 0 saturated heterocycles. The Morgan fingerprint density at radius 2 is 2.03 bits per heavy atom. The third-order valence-electron chi connectivity index (χ3n) is 7.18. The molecule has 4 aliphatic carbocycles. The standard InChI is InChI=1S/C23H25FN6/c1-14-9-30(13-26-14)23-10-22(11-23,12-23)29-21-27-19-17(15-4-3-5-16(24)8-15)6-7-18(19)20(25-2)28-21/h3-5,8-9,13,17H,6-7,10-12H2,1-2H3,(H2,25,27,28,29)/t17-,22?,23?/m0/s1. The molecule has 0 unspecified atom stereocenters. The molecule has 1 aromatic carbocycles. The van der Waals surface area contributed by atoms with E-state index in [0.29, 0.717) is 5.95 Å². The molecular weight excluding hydrogens is 379 g/mol. The van der Waals surface area contributed by atoms with Gasteiger partial charge in [-0.15, -0.1) is 0 Å². The van der Waals surface area contributed by atoms with Crippen molar-refractivity contribution in [2.45, 2.75) is 56.0 Å². The number of hydrogen-bond acceptors (Lipinski definition) is 5. The molecule has 30 heavy (non-hydrogen) atoms. The van der Waals surface area contributed by atoms with Crippen molar-refractivity contribution in [2.24, 2.45) is 0 Å². The van der Waals surface area contributed by atoms with Crippen LogP contribution in [0.5, 0.6) is 0 Å². The molecule has 7 heteroatoms. The van der Waals surface area contributed by atoms with Crippen LogP contribution in [0.15, 0.2) is 36.8 Å². The molecule has 6 nitrogen and oxygen atoms in total. The van der Waals surface area contributed by atoms with Gasteiger partial charge in [0.05, 0.1) is 23.3 Å². The van der Waals surface area contributed by atoms with Gasteiger partial charge in [-0.3, -0.25) is 0 Å². The first-order chi connectivity index (χ1) is 14.5. The lowest BCUT2D eigenvalue weighted by atomic mass is 9.44. The van der Waals surface area contributed by atoms with E-state index in [4.69, 9.17) is 9.97 Å². The maximum Gasteiger partial charge on any atom is 0.225 e. The van der Waals surface area contributed by atoms with Gasteiger partial charge in [0.15, 0.2) is 0 Å². The molecule has 0 aliphatic heterocycles. The van der Waals surface area contributed by atoms with E-state index in [2.05, 4.69) is 26.4 Å². The maximum atomic E-state index is 13.8. The first-order valence-corrected chi connectivity index (χ1v) is 10.6. The van der Waals surface area contributed by atoms with E-state index in [1.165, 1.54) is 6.07 Å². The molecule has 7 rings (SSSR count). The molecule has 0 radical (unpaired) electrons. The molecule has 3 aromatic rings. The number of nitrogens with zero attached hydrogens (tertiary/aromatic N) is 4. The van der Waals surface area contributed by atoms with Gasteiger partial charge in [-0.2, -0.15) is 4.98 Å². The number of hydrogen-bond donors (Lipinski definition) is 2. The molecule has 3 fully saturated rings. The van der Waals surface area contributed by atoms with Gasteiger partial charge >= 0.3 is 0 Å². The second-order valence-corrected chi connectivity index (χ2v) is 9.24. The second-order valence-electron chi connectivity index (χ2n) is 9.24. The number of fused-ring (bicyclic) bond motifs is 1. The number of benzene rings is 1. The highest BCUT2D eigenvalue weighted by atomic mass is 19.1. The molecule has 2 bridgehead atoms. The molecule has 1 atom stereocenters. The average Bonchev–Trinajstić information content (AvgIpc) is 3.29. The van der Waals surface area contributed by atoms with Crippen LogP contribution in [0.25, 0.3) is 0 Å². The van der Waals surface area contributed by atoms with E-state index >= 15 is 0 Å². The van der Waals surface area contributed by atoms with Crippen molar-refractivity contribution < 1.29 is 4.39 Å². The molecule has 2 N–H and O–H groups in total. The highest BCUT2D eigenvalue weighted by Crippen LogP contribution is 2.66. The van der Waals surface area contributed by atoms with Crippen LogP contribution in [0.4, 0.5) is 16.2 Å². The molecule has 3 saturated carbocycles. The predicted octanol–water partition coefficient (Wildman–Crippen LogP) is 3.98. The highest BCUT2D eigenvalue weighted by Gasteiger charge is 2.69. The smallest absolute Gasteiger partial charge is 0.225 e. The van der Waals surface area contributed by atoms with Crippen LogP contribution >= 0.6 is 0 Å². The Kier molecular flexibility index (Phi) is 3.59. The zero-order valence-electron chi connectivity index (χ0n) is 17.2. The third-order valence-corrected chi connectivity index (χ3v) is 7.18. The molecule has 0 spiro atoms. The van der Waals surface area contributed by atoms with E-state index in [-0.39, 0.29) is 22.8 Å². The summed E-state index contributed by atoms with van der Waals surface area (Å²) in [5, 5.41) is 6.88. The number of nitrogens with one attached hydrogen (secondary N) is 2. The lowest BCUT2D eigenvalue weighted by molar-refractivity contribution is -0.100. The number of aromatic nitrogens is 4. The first-order valence-electron chi connectivity index (χ1n) is 10.6. The molecule has 2 heterocycles. The van der Waals surface area contributed by atoms with Crippen LogP contribution in [-0.4, -0.2) is 32.1 Å². The van der Waals surface area contributed by atoms with Gasteiger partial charge in [-0.05, 0) is 56.7 Å². The summed E-state index contributed by atoms with van der Waals surface area (Å²) in [6, 6.07) is 6.90. The summed E-state index contributed by atoms with van der Waals surface area (Å²) >= 11 is 0. The van der Waals surface area contributed by atoms with Gasteiger partial charge in [0.1, 0.15) is 11.6 Å². The van der Waals surface area contributed by atoms with Crippen LogP contribution in [-0.2, 0) is 12.0 Å². The van der Waals surface area contributed by atoms with Crippen LogP contribution in [0.1, 0.15) is 54.1 Å². The van der Waals surface area contributed by atoms with Gasteiger partial charge in [0, 0.05) is 30.3 Å². The lowest BCUT2D eigenvalue weighted by Gasteiger charge is -2.70. The summed E-state index contributed by atoms with van der Waals surface area (Å²) in [6.07, 6.45) is 9.13. The Hall–Kier alpha value is -2.96. The van der Waals surface area contributed by atoms with Gasteiger partial charge in [0.25, 0.3) is 0 Å². The Morgan fingerprint density at radius 1 is 1.20 bits per heavy atom. The molecular formula is C23H25FN6. The monoisotopic (exact) mass is 404 g/mol. The zero-order chi connectivity index (χ0) is 20.5. The summed E-state index contributed by atoms with van der Waals surface area (Å²) in [5.41, 5.74) is 4.51. The number of aryl methyl sites for hydroxylation is 1.